The number of nitrogens with one attached hydrogen (secondary N) is 1. The van der Waals surface area contributed by atoms with Gasteiger partial charge in [-0.05, 0) is 13.8 Å². The summed E-state index contributed by atoms with van der Waals surface area (Å²) in [6, 6.07) is -0.194. The number of rotatable bonds is 7. The van der Waals surface area contributed by atoms with Gasteiger partial charge in [-0.15, -0.1) is 0 Å². The average Bonchev–Trinajstić information content (AvgIpc) is 2.18. The average molecular weight is 224 g/mol. The zero-order valence-electron chi connectivity index (χ0n) is 9.13. The van der Waals surface area contributed by atoms with Gasteiger partial charge in [0.2, 0.25) is 0 Å². The van der Waals surface area contributed by atoms with Crippen molar-refractivity contribution in [1.29, 1.82) is 0 Å². The van der Waals surface area contributed by atoms with Crippen molar-refractivity contribution in [2.24, 2.45) is 0 Å². The number of ether oxygens (including phenoxy) is 1. The minimum atomic E-state index is -2.46. The summed E-state index contributed by atoms with van der Waals surface area (Å²) in [6.07, 6.45) is -2.46. The summed E-state index contributed by atoms with van der Waals surface area (Å²) in [5, 5.41) is 2.58. The van der Waals surface area contributed by atoms with E-state index in [-0.39, 0.29) is 19.2 Å². The van der Waals surface area contributed by atoms with Crippen LogP contribution >= 0.6 is 0 Å². The number of nitrogens with zero attached hydrogens (tertiary/aromatic N) is 1. The van der Waals surface area contributed by atoms with Crippen molar-refractivity contribution in [2.75, 3.05) is 32.8 Å². The molecule has 1 N–H and O–H groups in total. The molecule has 4 nitrogen and oxygen atoms in total. The Bertz CT molecular complexity index is 175. The number of urea groups is 1. The highest BCUT2D eigenvalue weighted by atomic mass is 19.3. The number of halogens is 2. The van der Waals surface area contributed by atoms with Crippen molar-refractivity contribution in [3.63, 3.8) is 0 Å². The van der Waals surface area contributed by atoms with Crippen LogP contribution in [0, 0.1) is 0 Å². The number of hydrogen-bond acceptors (Lipinski definition) is 2. The van der Waals surface area contributed by atoms with Crippen molar-refractivity contribution in [3.05, 3.63) is 0 Å². The Morgan fingerprint density at radius 1 is 1.40 bits per heavy atom. The molecule has 0 radical (unpaired) electrons. The molecule has 0 unspecified atom stereocenters. The fraction of sp³-hybridized carbons (Fsp3) is 0.889. The normalized spacial score (nSPS) is 10.5. The number of carbonyl (C=O) groups excluding carboxylic acids is 1. The SMILES string of the molecule is CCN(CC)C(=O)NCCOCC(F)F. The van der Waals surface area contributed by atoms with E-state index in [2.05, 4.69) is 10.1 Å². The molecular formula is C9H18F2N2O2. The molecule has 0 aliphatic heterocycles. The molecule has 0 aromatic rings. The summed E-state index contributed by atoms with van der Waals surface area (Å²) >= 11 is 0. The lowest BCUT2D eigenvalue weighted by Crippen LogP contribution is -2.41. The highest BCUT2D eigenvalue weighted by Crippen LogP contribution is 1.92. The second-order valence-electron chi connectivity index (χ2n) is 2.87. The van der Waals surface area contributed by atoms with Crippen molar-refractivity contribution in [2.45, 2.75) is 20.3 Å². The maximum atomic E-state index is 11.6. The lowest BCUT2D eigenvalue weighted by molar-refractivity contribution is 0.0191. The van der Waals surface area contributed by atoms with E-state index in [0.29, 0.717) is 13.1 Å². The van der Waals surface area contributed by atoms with Gasteiger partial charge in [0.25, 0.3) is 6.43 Å². The molecule has 0 atom stereocenters. The molecule has 90 valence electrons. The van der Waals surface area contributed by atoms with Crippen LogP contribution in [0.2, 0.25) is 0 Å². The zero-order chi connectivity index (χ0) is 11.7. The van der Waals surface area contributed by atoms with E-state index < -0.39 is 13.0 Å². The van der Waals surface area contributed by atoms with Crippen LogP contribution in [0.4, 0.5) is 13.6 Å². The van der Waals surface area contributed by atoms with Crippen LogP contribution in [0.15, 0.2) is 0 Å². The maximum absolute atomic E-state index is 11.6. The predicted octanol–water partition coefficient (Wildman–Crippen LogP) is 1.32. The van der Waals surface area contributed by atoms with Crippen molar-refractivity contribution >= 4 is 6.03 Å². The lowest BCUT2D eigenvalue weighted by atomic mass is 10.5. The monoisotopic (exact) mass is 224 g/mol. The molecular weight excluding hydrogens is 206 g/mol. The van der Waals surface area contributed by atoms with Crippen LogP contribution in [0.5, 0.6) is 0 Å². The largest absolute Gasteiger partial charge is 0.374 e. The van der Waals surface area contributed by atoms with Gasteiger partial charge in [0, 0.05) is 19.6 Å². The van der Waals surface area contributed by atoms with E-state index in [1.165, 1.54) is 0 Å². The fourth-order valence-electron chi connectivity index (χ4n) is 1.03. The molecule has 0 heterocycles. The summed E-state index contributed by atoms with van der Waals surface area (Å²) in [4.78, 5) is 12.9. The maximum Gasteiger partial charge on any atom is 0.317 e. The third kappa shape index (κ3) is 7.07. The second-order valence-corrected chi connectivity index (χ2v) is 2.87. The van der Waals surface area contributed by atoms with E-state index in [1.54, 1.807) is 4.90 Å². The van der Waals surface area contributed by atoms with E-state index in [0.717, 1.165) is 0 Å². The molecule has 15 heavy (non-hydrogen) atoms. The molecule has 0 aliphatic rings. The summed E-state index contributed by atoms with van der Waals surface area (Å²) in [7, 11) is 0. The summed E-state index contributed by atoms with van der Waals surface area (Å²) in [5.41, 5.74) is 0. The first-order valence-corrected chi connectivity index (χ1v) is 5.00. The first-order valence-electron chi connectivity index (χ1n) is 5.00. The number of carbonyl (C=O) groups is 1. The molecule has 0 saturated carbocycles. The molecule has 0 aromatic heterocycles. The predicted molar refractivity (Wildman–Crippen MR) is 53.1 cm³/mol. The molecule has 0 saturated heterocycles. The highest BCUT2D eigenvalue weighted by Gasteiger charge is 2.07. The Kier molecular flexibility index (Phi) is 7.89. The van der Waals surface area contributed by atoms with Crippen LogP contribution in [0.1, 0.15) is 13.8 Å². The zero-order valence-corrected chi connectivity index (χ0v) is 9.13. The lowest BCUT2D eigenvalue weighted by Gasteiger charge is -2.19. The van der Waals surface area contributed by atoms with Crippen LogP contribution in [-0.4, -0.2) is 50.2 Å². The van der Waals surface area contributed by atoms with Gasteiger partial charge in [0.15, 0.2) is 0 Å². The van der Waals surface area contributed by atoms with Crippen molar-refractivity contribution in [3.8, 4) is 0 Å². The standard InChI is InChI=1S/C9H18F2N2O2/c1-3-13(4-2)9(14)12-5-6-15-7-8(10)11/h8H,3-7H2,1-2H3,(H,12,14). The third-order valence-corrected chi connectivity index (χ3v) is 1.82. The van der Waals surface area contributed by atoms with Gasteiger partial charge in [0.05, 0.1) is 6.61 Å². The molecule has 0 bridgehead atoms. The topological polar surface area (TPSA) is 41.6 Å². The summed E-state index contributed by atoms with van der Waals surface area (Å²) in [6.45, 7) is 4.77. The summed E-state index contributed by atoms with van der Waals surface area (Å²) < 4.78 is 27.9. The Hall–Kier alpha value is -0.910. The van der Waals surface area contributed by atoms with Crippen LogP contribution < -0.4 is 5.32 Å². The van der Waals surface area contributed by atoms with Crippen LogP contribution in [0.3, 0.4) is 0 Å². The smallest absolute Gasteiger partial charge is 0.317 e. The molecule has 6 heteroatoms. The molecule has 0 fully saturated rings. The van der Waals surface area contributed by atoms with Gasteiger partial charge in [0.1, 0.15) is 6.61 Å². The fourth-order valence-corrected chi connectivity index (χ4v) is 1.03. The van der Waals surface area contributed by atoms with E-state index in [1.807, 2.05) is 13.8 Å². The van der Waals surface area contributed by atoms with Gasteiger partial charge >= 0.3 is 6.03 Å². The molecule has 0 aliphatic carbocycles. The van der Waals surface area contributed by atoms with Gasteiger partial charge < -0.3 is 15.0 Å². The minimum Gasteiger partial charge on any atom is -0.374 e. The number of hydrogen-bond donors (Lipinski definition) is 1. The summed E-state index contributed by atoms with van der Waals surface area (Å²) in [5.74, 6) is 0. The first-order chi connectivity index (χ1) is 7.11. The van der Waals surface area contributed by atoms with E-state index in [4.69, 9.17) is 0 Å². The van der Waals surface area contributed by atoms with Gasteiger partial charge in [-0.1, -0.05) is 0 Å². The molecule has 0 rings (SSSR count). The number of amides is 2. The highest BCUT2D eigenvalue weighted by molar-refractivity contribution is 5.73. The van der Waals surface area contributed by atoms with E-state index in [9.17, 15) is 13.6 Å². The van der Waals surface area contributed by atoms with Crippen LogP contribution in [0.25, 0.3) is 0 Å². The first kappa shape index (κ1) is 14.1. The minimum absolute atomic E-state index is 0.108. The molecule has 0 spiro atoms. The van der Waals surface area contributed by atoms with Gasteiger partial charge in [-0.25, -0.2) is 13.6 Å². The Labute approximate surface area is 88.6 Å². The van der Waals surface area contributed by atoms with Gasteiger partial charge in [-0.2, -0.15) is 0 Å². The van der Waals surface area contributed by atoms with Crippen molar-refractivity contribution < 1.29 is 18.3 Å². The Morgan fingerprint density at radius 3 is 2.47 bits per heavy atom. The molecule has 2 amide bonds. The van der Waals surface area contributed by atoms with Crippen LogP contribution in [-0.2, 0) is 4.74 Å². The molecule has 0 aromatic carbocycles. The Morgan fingerprint density at radius 2 is 2.00 bits per heavy atom. The number of alkyl halides is 2. The van der Waals surface area contributed by atoms with E-state index >= 15 is 0 Å². The Balaban J connectivity index is 3.46. The second kappa shape index (κ2) is 8.40. The third-order valence-electron chi connectivity index (χ3n) is 1.82. The quantitative estimate of drug-likeness (QED) is 0.663. The van der Waals surface area contributed by atoms with Gasteiger partial charge in [-0.3, -0.25) is 0 Å². The van der Waals surface area contributed by atoms with Crippen molar-refractivity contribution in [1.82, 2.24) is 10.2 Å².